The molecule has 2 rings (SSSR count). The molecule has 1 heterocycles. The molecule has 0 amide bonds. The van der Waals surface area contributed by atoms with Crippen molar-refractivity contribution in [2.75, 3.05) is 6.54 Å². The first-order chi connectivity index (χ1) is 7.18. The third kappa shape index (κ3) is 2.83. The van der Waals surface area contributed by atoms with Gasteiger partial charge in [-0.2, -0.15) is 0 Å². The van der Waals surface area contributed by atoms with Gasteiger partial charge >= 0.3 is 0 Å². The van der Waals surface area contributed by atoms with Crippen molar-refractivity contribution in [1.82, 2.24) is 5.32 Å². The molecule has 2 N–H and O–H groups in total. The summed E-state index contributed by atoms with van der Waals surface area (Å²) in [7, 11) is 0. The van der Waals surface area contributed by atoms with Crippen molar-refractivity contribution in [3.8, 4) is 0 Å². The maximum Gasteiger partial charge on any atom is 0.117 e. The highest BCUT2D eigenvalue weighted by atomic mass is 16.3. The highest BCUT2D eigenvalue weighted by Crippen LogP contribution is 2.28. The highest BCUT2D eigenvalue weighted by Gasteiger charge is 2.30. The Morgan fingerprint density at radius 1 is 1.40 bits per heavy atom. The summed E-state index contributed by atoms with van der Waals surface area (Å²) < 4.78 is 5.44. The van der Waals surface area contributed by atoms with E-state index in [-0.39, 0.29) is 0 Å². The third-order valence-corrected chi connectivity index (χ3v) is 3.08. The number of hydrogen-bond acceptors (Lipinski definition) is 3. The molecular weight excluding hydrogens is 190 g/mol. The van der Waals surface area contributed by atoms with Gasteiger partial charge in [-0.25, -0.2) is 0 Å². The Morgan fingerprint density at radius 2 is 2.13 bits per heavy atom. The molecule has 0 spiro atoms. The van der Waals surface area contributed by atoms with Crippen molar-refractivity contribution in [1.29, 1.82) is 0 Å². The van der Waals surface area contributed by atoms with E-state index in [9.17, 15) is 5.11 Å². The lowest BCUT2D eigenvalue weighted by atomic mass is 10.0. The van der Waals surface area contributed by atoms with E-state index in [0.29, 0.717) is 13.1 Å². The van der Waals surface area contributed by atoms with Crippen LogP contribution in [0, 0.1) is 6.92 Å². The Labute approximate surface area is 90.5 Å². The van der Waals surface area contributed by atoms with Crippen LogP contribution in [0.25, 0.3) is 0 Å². The van der Waals surface area contributed by atoms with Gasteiger partial charge in [-0.1, -0.05) is 12.8 Å². The summed E-state index contributed by atoms with van der Waals surface area (Å²) in [4.78, 5) is 0. The maximum absolute atomic E-state index is 10.1. The van der Waals surface area contributed by atoms with Crippen molar-refractivity contribution >= 4 is 0 Å². The number of furan rings is 1. The van der Waals surface area contributed by atoms with Crippen molar-refractivity contribution in [3.05, 3.63) is 23.7 Å². The molecular formula is C12H19NO2. The van der Waals surface area contributed by atoms with E-state index in [1.165, 1.54) is 0 Å². The molecule has 1 saturated carbocycles. The van der Waals surface area contributed by atoms with E-state index in [1.807, 2.05) is 19.1 Å². The lowest BCUT2D eigenvalue weighted by Crippen LogP contribution is -2.37. The van der Waals surface area contributed by atoms with Gasteiger partial charge in [-0.05, 0) is 31.9 Å². The number of aliphatic hydroxyl groups is 1. The number of nitrogens with one attached hydrogen (secondary N) is 1. The topological polar surface area (TPSA) is 45.4 Å². The summed E-state index contributed by atoms with van der Waals surface area (Å²) in [5.74, 6) is 1.88. The normalized spacial score (nSPS) is 19.6. The second-order valence-corrected chi connectivity index (χ2v) is 4.55. The van der Waals surface area contributed by atoms with Crippen LogP contribution in [0.2, 0.25) is 0 Å². The molecule has 1 aromatic heterocycles. The van der Waals surface area contributed by atoms with E-state index in [4.69, 9.17) is 4.42 Å². The molecule has 84 valence electrons. The van der Waals surface area contributed by atoms with Crippen LogP contribution < -0.4 is 5.32 Å². The van der Waals surface area contributed by atoms with Gasteiger partial charge in [0.1, 0.15) is 11.5 Å². The van der Waals surface area contributed by atoms with Crippen LogP contribution in [0.5, 0.6) is 0 Å². The largest absolute Gasteiger partial charge is 0.465 e. The van der Waals surface area contributed by atoms with Crippen LogP contribution in [0.3, 0.4) is 0 Å². The zero-order valence-corrected chi connectivity index (χ0v) is 9.25. The monoisotopic (exact) mass is 209 g/mol. The van der Waals surface area contributed by atoms with Gasteiger partial charge in [0, 0.05) is 6.54 Å². The zero-order valence-electron chi connectivity index (χ0n) is 9.25. The second-order valence-electron chi connectivity index (χ2n) is 4.55. The maximum atomic E-state index is 10.1. The number of aryl methyl sites for hydroxylation is 1. The standard InChI is InChI=1S/C12H19NO2/c1-10-4-5-11(15-10)8-13-9-12(14)6-2-3-7-12/h4-5,13-14H,2-3,6-9H2,1H3. The first kappa shape index (κ1) is 10.7. The summed E-state index contributed by atoms with van der Waals surface area (Å²) in [6.07, 6.45) is 4.16. The van der Waals surface area contributed by atoms with Crippen LogP contribution in [0.4, 0.5) is 0 Å². The Morgan fingerprint density at radius 3 is 2.73 bits per heavy atom. The average Bonchev–Trinajstić information content (AvgIpc) is 2.76. The Kier molecular flexibility index (Phi) is 3.12. The van der Waals surface area contributed by atoms with E-state index in [0.717, 1.165) is 37.2 Å². The number of rotatable bonds is 4. The lowest BCUT2D eigenvalue weighted by molar-refractivity contribution is 0.0470. The minimum Gasteiger partial charge on any atom is -0.465 e. The van der Waals surface area contributed by atoms with Gasteiger partial charge in [0.2, 0.25) is 0 Å². The molecule has 0 atom stereocenters. The average molecular weight is 209 g/mol. The van der Waals surface area contributed by atoms with Crippen LogP contribution in [-0.2, 0) is 6.54 Å². The third-order valence-electron chi connectivity index (χ3n) is 3.08. The van der Waals surface area contributed by atoms with E-state index < -0.39 is 5.60 Å². The zero-order chi connectivity index (χ0) is 10.7. The summed E-state index contributed by atoms with van der Waals surface area (Å²) in [5, 5.41) is 13.3. The lowest BCUT2D eigenvalue weighted by Gasteiger charge is -2.22. The van der Waals surface area contributed by atoms with Crippen LogP contribution in [0.1, 0.15) is 37.2 Å². The summed E-state index contributed by atoms with van der Waals surface area (Å²) in [6, 6.07) is 3.93. The predicted octanol–water partition coefficient (Wildman–Crippen LogP) is 1.98. The van der Waals surface area contributed by atoms with E-state index >= 15 is 0 Å². The van der Waals surface area contributed by atoms with Gasteiger partial charge in [-0.3, -0.25) is 0 Å². The van der Waals surface area contributed by atoms with Crippen LogP contribution >= 0.6 is 0 Å². The molecule has 1 fully saturated rings. The van der Waals surface area contributed by atoms with E-state index in [1.54, 1.807) is 0 Å². The molecule has 0 saturated heterocycles. The first-order valence-corrected chi connectivity index (χ1v) is 5.66. The molecule has 0 unspecified atom stereocenters. The number of hydrogen-bond donors (Lipinski definition) is 2. The highest BCUT2D eigenvalue weighted by molar-refractivity contribution is 5.05. The minimum absolute atomic E-state index is 0.471. The minimum atomic E-state index is -0.471. The molecule has 3 heteroatoms. The summed E-state index contributed by atoms with van der Waals surface area (Å²) in [5.41, 5.74) is -0.471. The SMILES string of the molecule is Cc1ccc(CNCC2(O)CCCC2)o1. The van der Waals surface area contributed by atoms with Gasteiger partial charge < -0.3 is 14.8 Å². The fourth-order valence-electron chi connectivity index (χ4n) is 2.21. The first-order valence-electron chi connectivity index (χ1n) is 5.66. The smallest absolute Gasteiger partial charge is 0.117 e. The quantitative estimate of drug-likeness (QED) is 0.797. The molecule has 0 aromatic carbocycles. The van der Waals surface area contributed by atoms with Gasteiger partial charge in [0.15, 0.2) is 0 Å². The van der Waals surface area contributed by atoms with Gasteiger partial charge in [0.05, 0.1) is 12.1 Å². The molecule has 0 aliphatic heterocycles. The van der Waals surface area contributed by atoms with Gasteiger partial charge in [0.25, 0.3) is 0 Å². The predicted molar refractivity (Wildman–Crippen MR) is 58.6 cm³/mol. The summed E-state index contributed by atoms with van der Waals surface area (Å²) in [6.45, 7) is 3.32. The second kappa shape index (κ2) is 4.37. The van der Waals surface area contributed by atoms with Crippen molar-refractivity contribution in [3.63, 3.8) is 0 Å². The van der Waals surface area contributed by atoms with Crippen LogP contribution in [-0.4, -0.2) is 17.3 Å². The van der Waals surface area contributed by atoms with Gasteiger partial charge in [-0.15, -0.1) is 0 Å². The van der Waals surface area contributed by atoms with Crippen molar-refractivity contribution in [2.24, 2.45) is 0 Å². The molecule has 1 aromatic rings. The molecule has 0 radical (unpaired) electrons. The van der Waals surface area contributed by atoms with Crippen molar-refractivity contribution in [2.45, 2.75) is 44.8 Å². The Bertz CT molecular complexity index is 313. The Balaban J connectivity index is 1.75. The molecule has 1 aliphatic carbocycles. The fourth-order valence-corrected chi connectivity index (χ4v) is 2.21. The summed E-state index contributed by atoms with van der Waals surface area (Å²) >= 11 is 0. The van der Waals surface area contributed by atoms with E-state index in [2.05, 4.69) is 5.32 Å². The van der Waals surface area contributed by atoms with Crippen LogP contribution in [0.15, 0.2) is 16.5 Å². The fraction of sp³-hybridized carbons (Fsp3) is 0.667. The molecule has 1 aliphatic rings. The Hall–Kier alpha value is -0.800. The molecule has 0 bridgehead atoms. The molecule has 15 heavy (non-hydrogen) atoms. The molecule has 3 nitrogen and oxygen atoms in total. The van der Waals surface area contributed by atoms with Crippen molar-refractivity contribution < 1.29 is 9.52 Å².